The Labute approximate surface area is 199 Å². The number of hydrogen-bond donors (Lipinski definition) is 2. The molecule has 168 valence electrons. The summed E-state index contributed by atoms with van der Waals surface area (Å²) in [6, 6.07) is 15.1. The third-order valence-corrected chi connectivity index (χ3v) is 5.31. The van der Waals surface area contributed by atoms with Gasteiger partial charge in [-0.3, -0.25) is 9.59 Å². The third-order valence-electron chi connectivity index (χ3n) is 4.81. The first-order valence-electron chi connectivity index (χ1n) is 9.91. The van der Waals surface area contributed by atoms with Gasteiger partial charge in [-0.05, 0) is 54.6 Å². The fourth-order valence-electron chi connectivity index (χ4n) is 3.20. The van der Waals surface area contributed by atoms with Crippen LogP contribution >= 0.6 is 15.9 Å². The Balaban J connectivity index is 1.33. The van der Waals surface area contributed by atoms with E-state index in [1.165, 1.54) is 24.5 Å². The normalized spacial score (nSPS) is 10.9. The standard InChI is InChI=1S/C23H14BrFN6O3/c24-13-1-7-19(17(25)11-13)31-20(32)8-6-18(30-31)22(33)29-14-2-4-15(5-3-14)34-23-16-9-10-26-21(16)27-12-28-23/h1-12H,(H,29,33)(H,26,27,28). The maximum absolute atomic E-state index is 14.3. The van der Waals surface area contributed by atoms with Crippen LogP contribution < -0.4 is 15.6 Å². The Morgan fingerprint density at radius 1 is 1.06 bits per heavy atom. The average molecular weight is 521 g/mol. The van der Waals surface area contributed by atoms with Crippen molar-refractivity contribution in [3.05, 3.63) is 99.5 Å². The number of carbonyl (C=O) groups excluding carboxylic acids is 1. The van der Waals surface area contributed by atoms with Gasteiger partial charge in [0.25, 0.3) is 11.5 Å². The van der Waals surface area contributed by atoms with Gasteiger partial charge in [0.2, 0.25) is 5.88 Å². The molecule has 2 N–H and O–H groups in total. The lowest BCUT2D eigenvalue weighted by atomic mass is 10.2. The molecular weight excluding hydrogens is 507 g/mol. The second-order valence-corrected chi connectivity index (χ2v) is 7.98. The predicted octanol–water partition coefficient (Wildman–Crippen LogP) is 4.45. The molecule has 34 heavy (non-hydrogen) atoms. The van der Waals surface area contributed by atoms with Gasteiger partial charge in [-0.25, -0.2) is 14.4 Å². The Hall–Kier alpha value is -4.38. The summed E-state index contributed by atoms with van der Waals surface area (Å²) in [4.78, 5) is 36.2. The zero-order valence-electron chi connectivity index (χ0n) is 17.2. The molecule has 0 bridgehead atoms. The van der Waals surface area contributed by atoms with E-state index in [0.717, 1.165) is 16.1 Å². The number of aromatic nitrogens is 5. The van der Waals surface area contributed by atoms with Crippen molar-refractivity contribution in [3.8, 4) is 17.3 Å². The minimum Gasteiger partial charge on any atom is -0.438 e. The molecule has 1 amide bonds. The Bertz CT molecular complexity index is 1580. The molecular formula is C23H14BrFN6O3. The summed E-state index contributed by atoms with van der Waals surface area (Å²) in [5, 5.41) is 7.45. The number of aromatic amines is 1. The Morgan fingerprint density at radius 2 is 1.88 bits per heavy atom. The summed E-state index contributed by atoms with van der Waals surface area (Å²) < 4.78 is 21.5. The SMILES string of the molecule is O=C(Nc1ccc(Oc2ncnc3[nH]ccc23)cc1)c1ccc(=O)n(-c2ccc(Br)cc2F)n1. The number of H-pyrrole nitrogens is 1. The number of anilines is 1. The summed E-state index contributed by atoms with van der Waals surface area (Å²) >= 11 is 3.17. The fourth-order valence-corrected chi connectivity index (χ4v) is 3.53. The number of hydrogen-bond acceptors (Lipinski definition) is 6. The molecule has 5 aromatic rings. The molecule has 0 radical (unpaired) electrons. The maximum atomic E-state index is 14.3. The highest BCUT2D eigenvalue weighted by Gasteiger charge is 2.14. The van der Waals surface area contributed by atoms with Crippen molar-refractivity contribution in [1.29, 1.82) is 0 Å². The lowest BCUT2D eigenvalue weighted by molar-refractivity contribution is 0.102. The van der Waals surface area contributed by atoms with E-state index in [4.69, 9.17) is 4.74 Å². The van der Waals surface area contributed by atoms with E-state index in [0.29, 0.717) is 27.4 Å². The number of fused-ring (bicyclic) bond motifs is 1. The summed E-state index contributed by atoms with van der Waals surface area (Å²) in [7, 11) is 0. The van der Waals surface area contributed by atoms with Gasteiger partial charge in [-0.2, -0.15) is 9.78 Å². The number of rotatable bonds is 5. The van der Waals surface area contributed by atoms with E-state index in [2.05, 4.69) is 41.3 Å². The van der Waals surface area contributed by atoms with Crippen molar-refractivity contribution < 1.29 is 13.9 Å². The first-order chi connectivity index (χ1) is 16.5. The van der Waals surface area contributed by atoms with Gasteiger partial charge in [0.1, 0.15) is 34.9 Å². The van der Waals surface area contributed by atoms with Gasteiger partial charge in [0.15, 0.2) is 0 Å². The van der Waals surface area contributed by atoms with Gasteiger partial charge in [0.05, 0.1) is 5.39 Å². The van der Waals surface area contributed by atoms with Crippen molar-refractivity contribution in [2.45, 2.75) is 0 Å². The molecule has 0 aliphatic rings. The molecule has 0 atom stereocenters. The van der Waals surface area contributed by atoms with E-state index < -0.39 is 17.3 Å². The number of nitrogens with one attached hydrogen (secondary N) is 2. The van der Waals surface area contributed by atoms with Crippen LogP contribution in [-0.2, 0) is 0 Å². The van der Waals surface area contributed by atoms with Gasteiger partial charge in [-0.15, -0.1) is 0 Å². The lowest BCUT2D eigenvalue weighted by Gasteiger charge is -2.10. The van der Waals surface area contributed by atoms with Crippen molar-refractivity contribution in [1.82, 2.24) is 24.7 Å². The van der Waals surface area contributed by atoms with Crippen LogP contribution in [0.2, 0.25) is 0 Å². The van der Waals surface area contributed by atoms with Crippen molar-refractivity contribution in [2.24, 2.45) is 0 Å². The Kier molecular flexibility index (Phi) is 5.60. The van der Waals surface area contributed by atoms with E-state index >= 15 is 0 Å². The molecule has 2 aromatic carbocycles. The van der Waals surface area contributed by atoms with Crippen LogP contribution in [0.15, 0.2) is 82.5 Å². The monoisotopic (exact) mass is 520 g/mol. The molecule has 3 aromatic heterocycles. The van der Waals surface area contributed by atoms with Crippen LogP contribution in [0.5, 0.6) is 11.6 Å². The van der Waals surface area contributed by atoms with Gasteiger partial charge < -0.3 is 15.0 Å². The first kappa shape index (κ1) is 21.5. The molecule has 0 saturated carbocycles. The van der Waals surface area contributed by atoms with E-state index in [1.54, 1.807) is 36.5 Å². The molecule has 0 aliphatic heterocycles. The molecule has 11 heteroatoms. The van der Waals surface area contributed by atoms with Gasteiger partial charge in [-0.1, -0.05) is 15.9 Å². The van der Waals surface area contributed by atoms with Gasteiger partial charge in [0, 0.05) is 22.4 Å². The van der Waals surface area contributed by atoms with E-state index in [1.807, 2.05) is 6.07 Å². The molecule has 5 rings (SSSR count). The van der Waals surface area contributed by atoms with Gasteiger partial charge >= 0.3 is 0 Å². The van der Waals surface area contributed by atoms with Crippen LogP contribution in [0.3, 0.4) is 0 Å². The number of nitrogens with zero attached hydrogens (tertiary/aromatic N) is 4. The summed E-state index contributed by atoms with van der Waals surface area (Å²) in [5.41, 5.74) is 0.441. The second kappa shape index (κ2) is 8.87. The highest BCUT2D eigenvalue weighted by Crippen LogP contribution is 2.27. The average Bonchev–Trinajstić information content (AvgIpc) is 3.31. The fraction of sp³-hybridized carbons (Fsp3) is 0. The number of carbonyl (C=O) groups is 1. The zero-order valence-corrected chi connectivity index (χ0v) is 18.8. The second-order valence-electron chi connectivity index (χ2n) is 7.06. The van der Waals surface area contributed by atoms with Crippen LogP contribution in [0.1, 0.15) is 10.5 Å². The smallest absolute Gasteiger partial charge is 0.276 e. The Morgan fingerprint density at radius 3 is 2.68 bits per heavy atom. The molecule has 0 spiro atoms. The maximum Gasteiger partial charge on any atom is 0.276 e. The zero-order chi connectivity index (χ0) is 23.7. The third kappa shape index (κ3) is 4.28. The largest absolute Gasteiger partial charge is 0.438 e. The number of benzene rings is 2. The topological polar surface area (TPSA) is 115 Å². The van der Waals surface area contributed by atoms with E-state index in [-0.39, 0.29) is 11.4 Å². The van der Waals surface area contributed by atoms with Crippen molar-refractivity contribution in [2.75, 3.05) is 5.32 Å². The van der Waals surface area contributed by atoms with Crippen molar-refractivity contribution >= 4 is 38.6 Å². The minimum absolute atomic E-state index is 0.0573. The highest BCUT2D eigenvalue weighted by atomic mass is 79.9. The molecule has 0 aliphatic carbocycles. The van der Waals surface area contributed by atoms with E-state index in [9.17, 15) is 14.0 Å². The minimum atomic E-state index is -0.655. The quantitative estimate of drug-likeness (QED) is 0.353. The van der Waals surface area contributed by atoms with Crippen LogP contribution in [0.4, 0.5) is 10.1 Å². The van der Waals surface area contributed by atoms with Crippen LogP contribution in [0, 0.1) is 5.82 Å². The summed E-state index contributed by atoms with van der Waals surface area (Å²) in [6.45, 7) is 0. The molecule has 0 fully saturated rings. The lowest BCUT2D eigenvalue weighted by Crippen LogP contribution is -2.25. The van der Waals surface area contributed by atoms with Crippen LogP contribution in [0.25, 0.3) is 16.7 Å². The van der Waals surface area contributed by atoms with Crippen LogP contribution in [-0.4, -0.2) is 30.6 Å². The molecule has 3 heterocycles. The molecule has 0 saturated heterocycles. The first-order valence-corrected chi connectivity index (χ1v) is 10.7. The highest BCUT2D eigenvalue weighted by molar-refractivity contribution is 9.10. The van der Waals surface area contributed by atoms with Crippen molar-refractivity contribution in [3.63, 3.8) is 0 Å². The number of ether oxygens (including phenoxy) is 1. The molecule has 9 nitrogen and oxygen atoms in total. The summed E-state index contributed by atoms with van der Waals surface area (Å²) in [6.07, 6.45) is 3.14. The number of amides is 1. The molecule has 0 unspecified atom stereocenters. The summed E-state index contributed by atoms with van der Waals surface area (Å²) in [5.74, 6) is -0.311. The number of halogens is 2. The predicted molar refractivity (Wildman–Crippen MR) is 126 cm³/mol.